The topological polar surface area (TPSA) is 55.1 Å². The van der Waals surface area contributed by atoms with Crippen LogP contribution in [0.2, 0.25) is 5.02 Å². The first-order valence-corrected chi connectivity index (χ1v) is 6.74. The standard InChI is InChI=1S/C13H9ClN2O2S/c14-12-9-2-1-8(13(17)18)5-10(9)19-11(12)6-16-4-3-15-7-16/h1-5,7H,6H2,(H,17,18). The Morgan fingerprint density at radius 1 is 1.47 bits per heavy atom. The van der Waals surface area contributed by atoms with Crippen LogP contribution in [-0.2, 0) is 6.54 Å². The number of aromatic carboxylic acids is 1. The summed E-state index contributed by atoms with van der Waals surface area (Å²) in [6, 6.07) is 4.99. The summed E-state index contributed by atoms with van der Waals surface area (Å²) >= 11 is 7.85. The van der Waals surface area contributed by atoms with Crippen LogP contribution in [0.25, 0.3) is 10.1 Å². The molecule has 96 valence electrons. The third kappa shape index (κ3) is 2.22. The van der Waals surface area contributed by atoms with Crippen LogP contribution in [0.15, 0.2) is 36.9 Å². The molecule has 0 aliphatic carbocycles. The Kier molecular flexibility index (Phi) is 3.00. The van der Waals surface area contributed by atoms with Crippen molar-refractivity contribution in [1.29, 1.82) is 0 Å². The maximum Gasteiger partial charge on any atom is 0.335 e. The normalized spacial score (nSPS) is 11.0. The van der Waals surface area contributed by atoms with E-state index in [-0.39, 0.29) is 5.56 Å². The van der Waals surface area contributed by atoms with E-state index in [1.165, 1.54) is 11.3 Å². The van der Waals surface area contributed by atoms with Gasteiger partial charge < -0.3 is 9.67 Å². The maximum atomic E-state index is 11.0. The second-order valence-electron chi connectivity index (χ2n) is 4.09. The highest BCUT2D eigenvalue weighted by atomic mass is 35.5. The number of hydrogen-bond acceptors (Lipinski definition) is 3. The molecular formula is C13H9ClN2O2S. The molecule has 0 radical (unpaired) electrons. The number of benzene rings is 1. The highest BCUT2D eigenvalue weighted by molar-refractivity contribution is 7.19. The van der Waals surface area contributed by atoms with Gasteiger partial charge in [0.15, 0.2) is 0 Å². The summed E-state index contributed by atoms with van der Waals surface area (Å²) < 4.78 is 2.81. The lowest BCUT2D eigenvalue weighted by Crippen LogP contribution is -1.94. The minimum atomic E-state index is -0.928. The molecule has 0 atom stereocenters. The molecule has 0 fully saturated rings. The summed E-state index contributed by atoms with van der Waals surface area (Å²) in [5.74, 6) is -0.928. The second kappa shape index (κ2) is 4.68. The Hall–Kier alpha value is -1.85. The van der Waals surface area contributed by atoms with Gasteiger partial charge in [0.05, 0.1) is 23.5 Å². The number of fused-ring (bicyclic) bond motifs is 1. The van der Waals surface area contributed by atoms with Gasteiger partial charge in [0.2, 0.25) is 0 Å². The number of aromatic nitrogens is 2. The van der Waals surface area contributed by atoms with Crippen molar-refractivity contribution in [1.82, 2.24) is 9.55 Å². The number of carbonyl (C=O) groups is 1. The molecule has 0 amide bonds. The van der Waals surface area contributed by atoms with Crippen LogP contribution in [0.3, 0.4) is 0 Å². The van der Waals surface area contributed by atoms with E-state index < -0.39 is 5.97 Å². The van der Waals surface area contributed by atoms with Crippen molar-refractivity contribution in [2.45, 2.75) is 6.54 Å². The molecule has 2 aromatic heterocycles. The fraction of sp³-hybridized carbons (Fsp3) is 0.0769. The van der Waals surface area contributed by atoms with Gasteiger partial charge in [-0.05, 0) is 12.1 Å². The van der Waals surface area contributed by atoms with Crippen LogP contribution in [0.1, 0.15) is 15.2 Å². The van der Waals surface area contributed by atoms with Crippen molar-refractivity contribution in [3.8, 4) is 0 Å². The number of rotatable bonds is 3. The van der Waals surface area contributed by atoms with Crippen molar-refractivity contribution in [3.63, 3.8) is 0 Å². The average Bonchev–Trinajstić information content (AvgIpc) is 2.99. The van der Waals surface area contributed by atoms with Gasteiger partial charge in [-0.3, -0.25) is 0 Å². The van der Waals surface area contributed by atoms with Crippen LogP contribution >= 0.6 is 22.9 Å². The Bertz CT molecular complexity index is 749. The Balaban J connectivity index is 2.06. The number of thiophene rings is 1. The minimum absolute atomic E-state index is 0.277. The van der Waals surface area contributed by atoms with E-state index in [2.05, 4.69) is 4.98 Å². The minimum Gasteiger partial charge on any atom is -0.478 e. The van der Waals surface area contributed by atoms with Crippen LogP contribution in [0.5, 0.6) is 0 Å². The predicted octanol–water partition coefficient (Wildman–Crippen LogP) is 3.50. The van der Waals surface area contributed by atoms with E-state index in [0.29, 0.717) is 11.6 Å². The predicted molar refractivity (Wildman–Crippen MR) is 75.1 cm³/mol. The van der Waals surface area contributed by atoms with Crippen LogP contribution in [-0.4, -0.2) is 20.6 Å². The molecule has 3 aromatic rings. The molecule has 2 heterocycles. The third-order valence-corrected chi connectivity index (χ3v) is 4.51. The zero-order valence-corrected chi connectivity index (χ0v) is 11.3. The first-order valence-electron chi connectivity index (χ1n) is 5.55. The molecule has 0 bridgehead atoms. The molecule has 1 aromatic carbocycles. The molecule has 4 nitrogen and oxygen atoms in total. The molecule has 0 spiro atoms. The molecule has 0 saturated carbocycles. The largest absolute Gasteiger partial charge is 0.478 e. The third-order valence-electron chi connectivity index (χ3n) is 2.83. The van der Waals surface area contributed by atoms with E-state index in [9.17, 15) is 4.79 Å². The fourth-order valence-corrected chi connectivity index (χ4v) is 3.44. The van der Waals surface area contributed by atoms with E-state index in [4.69, 9.17) is 16.7 Å². The summed E-state index contributed by atoms with van der Waals surface area (Å²) in [5.41, 5.74) is 0.277. The summed E-state index contributed by atoms with van der Waals surface area (Å²) in [5, 5.41) is 10.6. The van der Waals surface area contributed by atoms with Gasteiger partial charge in [-0.1, -0.05) is 17.7 Å². The SMILES string of the molecule is O=C(O)c1ccc2c(Cl)c(Cn3ccnc3)sc2c1. The molecule has 0 saturated heterocycles. The highest BCUT2D eigenvalue weighted by Crippen LogP contribution is 2.36. The van der Waals surface area contributed by atoms with Gasteiger partial charge in [0.1, 0.15) is 0 Å². The number of carboxylic acid groups (broad SMARTS) is 1. The van der Waals surface area contributed by atoms with E-state index in [0.717, 1.165) is 15.0 Å². The lowest BCUT2D eigenvalue weighted by molar-refractivity contribution is 0.0697. The first kappa shape index (κ1) is 12.2. The molecule has 0 aliphatic rings. The zero-order valence-electron chi connectivity index (χ0n) is 9.71. The van der Waals surface area contributed by atoms with Gasteiger partial charge in [-0.2, -0.15) is 0 Å². The average molecular weight is 293 g/mol. The number of hydrogen-bond donors (Lipinski definition) is 1. The van der Waals surface area contributed by atoms with Crippen molar-refractivity contribution < 1.29 is 9.90 Å². The number of imidazole rings is 1. The molecule has 0 aliphatic heterocycles. The molecule has 6 heteroatoms. The molecule has 19 heavy (non-hydrogen) atoms. The van der Waals surface area contributed by atoms with E-state index in [1.807, 2.05) is 10.8 Å². The molecular weight excluding hydrogens is 284 g/mol. The number of nitrogens with zero attached hydrogens (tertiary/aromatic N) is 2. The first-order chi connectivity index (χ1) is 9.15. The Labute approximate surface area is 117 Å². The van der Waals surface area contributed by atoms with Crippen LogP contribution in [0.4, 0.5) is 0 Å². The van der Waals surface area contributed by atoms with E-state index in [1.54, 1.807) is 30.7 Å². The van der Waals surface area contributed by atoms with Crippen molar-refractivity contribution >= 4 is 39.0 Å². The van der Waals surface area contributed by atoms with Gasteiger partial charge in [0.25, 0.3) is 0 Å². The Morgan fingerprint density at radius 2 is 2.32 bits per heavy atom. The summed E-state index contributed by atoms with van der Waals surface area (Å²) in [7, 11) is 0. The summed E-state index contributed by atoms with van der Waals surface area (Å²) in [6.07, 6.45) is 5.30. The van der Waals surface area contributed by atoms with Gasteiger partial charge in [-0.15, -0.1) is 11.3 Å². The van der Waals surface area contributed by atoms with Gasteiger partial charge in [-0.25, -0.2) is 9.78 Å². The fourth-order valence-electron chi connectivity index (χ4n) is 1.90. The second-order valence-corrected chi connectivity index (χ2v) is 5.61. The lowest BCUT2D eigenvalue weighted by Gasteiger charge is -1.98. The van der Waals surface area contributed by atoms with Crippen molar-refractivity contribution in [3.05, 3.63) is 52.4 Å². The van der Waals surface area contributed by atoms with Crippen molar-refractivity contribution in [2.75, 3.05) is 0 Å². The van der Waals surface area contributed by atoms with E-state index >= 15 is 0 Å². The number of carboxylic acids is 1. The van der Waals surface area contributed by atoms with Gasteiger partial charge in [0, 0.05) is 27.4 Å². The monoisotopic (exact) mass is 292 g/mol. The zero-order chi connectivity index (χ0) is 13.4. The van der Waals surface area contributed by atoms with Crippen molar-refractivity contribution in [2.24, 2.45) is 0 Å². The summed E-state index contributed by atoms with van der Waals surface area (Å²) in [4.78, 5) is 15.9. The highest BCUT2D eigenvalue weighted by Gasteiger charge is 2.12. The van der Waals surface area contributed by atoms with Gasteiger partial charge >= 0.3 is 5.97 Å². The quantitative estimate of drug-likeness (QED) is 0.804. The molecule has 0 unspecified atom stereocenters. The van der Waals surface area contributed by atoms with Crippen LogP contribution in [0, 0.1) is 0 Å². The number of halogens is 1. The lowest BCUT2D eigenvalue weighted by atomic mass is 10.2. The molecule has 3 rings (SSSR count). The smallest absolute Gasteiger partial charge is 0.335 e. The molecule has 1 N–H and O–H groups in total. The maximum absolute atomic E-state index is 11.0. The Morgan fingerprint density at radius 3 is 3.00 bits per heavy atom. The summed E-state index contributed by atoms with van der Waals surface area (Å²) in [6.45, 7) is 0.639. The van der Waals surface area contributed by atoms with Crippen LogP contribution < -0.4 is 0 Å².